The average molecular weight is 224 g/mol. The van der Waals surface area contributed by atoms with Crippen LogP contribution in [0.25, 0.3) is 0 Å². The predicted molar refractivity (Wildman–Crippen MR) is 65.2 cm³/mol. The normalized spacial score (nSPS) is 80.4. The SMILES string of the molecule is C=CC1CC12CC21CC12CC21CC12CC21CC1. The molecule has 6 atom stereocenters. The van der Waals surface area contributed by atoms with Crippen LogP contribution < -0.4 is 0 Å². The van der Waals surface area contributed by atoms with E-state index < -0.39 is 0 Å². The van der Waals surface area contributed by atoms with Gasteiger partial charge >= 0.3 is 0 Å². The van der Waals surface area contributed by atoms with Crippen LogP contribution in [0.15, 0.2) is 12.7 Å². The van der Waals surface area contributed by atoms with Gasteiger partial charge in [-0.1, -0.05) is 6.08 Å². The van der Waals surface area contributed by atoms with Crippen LogP contribution in [0.1, 0.15) is 51.4 Å². The van der Waals surface area contributed by atoms with Gasteiger partial charge in [0.25, 0.3) is 0 Å². The second-order valence-corrected chi connectivity index (χ2v) is 9.20. The van der Waals surface area contributed by atoms with Gasteiger partial charge in [0, 0.05) is 0 Å². The van der Waals surface area contributed by atoms with Crippen LogP contribution in [0.5, 0.6) is 0 Å². The lowest BCUT2D eigenvalue weighted by atomic mass is 10.1. The first kappa shape index (κ1) is 8.02. The van der Waals surface area contributed by atoms with Gasteiger partial charge in [-0.05, 0) is 89.8 Å². The Bertz CT molecular complexity index is 556. The van der Waals surface area contributed by atoms with Crippen molar-refractivity contribution in [1.29, 1.82) is 0 Å². The van der Waals surface area contributed by atoms with E-state index in [0.29, 0.717) is 0 Å². The topological polar surface area (TPSA) is 0 Å². The molecule has 0 heterocycles. The van der Waals surface area contributed by atoms with Gasteiger partial charge < -0.3 is 0 Å². The largest absolute Gasteiger partial charge is 0.103 e. The molecule has 17 heavy (non-hydrogen) atoms. The summed E-state index contributed by atoms with van der Waals surface area (Å²) in [5, 5.41) is 0. The molecule has 6 spiro atoms. The molecule has 7 aliphatic carbocycles. The molecule has 0 bridgehead atoms. The molecule has 0 aromatic rings. The van der Waals surface area contributed by atoms with Gasteiger partial charge in [-0.2, -0.15) is 0 Å². The lowest BCUT2D eigenvalue weighted by Crippen LogP contribution is -1.93. The molecule has 0 aliphatic heterocycles. The number of rotatable bonds is 1. The Balaban J connectivity index is 1.28. The van der Waals surface area contributed by atoms with E-state index in [-0.39, 0.29) is 0 Å². The van der Waals surface area contributed by atoms with E-state index in [1.807, 2.05) is 0 Å². The lowest BCUT2D eigenvalue weighted by molar-refractivity contribution is 0.506. The zero-order valence-electron chi connectivity index (χ0n) is 10.5. The number of allylic oxidation sites excluding steroid dienone is 1. The van der Waals surface area contributed by atoms with E-state index in [1.54, 1.807) is 44.9 Å². The van der Waals surface area contributed by atoms with Crippen LogP contribution >= 0.6 is 0 Å². The van der Waals surface area contributed by atoms with Gasteiger partial charge in [-0.15, -0.1) is 6.58 Å². The van der Waals surface area contributed by atoms with E-state index in [4.69, 9.17) is 0 Å². The summed E-state index contributed by atoms with van der Waals surface area (Å²) in [4.78, 5) is 0. The van der Waals surface area contributed by atoms with Crippen molar-refractivity contribution in [2.75, 3.05) is 0 Å². The van der Waals surface area contributed by atoms with Crippen LogP contribution in [0.4, 0.5) is 0 Å². The van der Waals surface area contributed by atoms with E-state index >= 15 is 0 Å². The Kier molecular flexibility index (Phi) is 0.708. The fraction of sp³-hybridized carbons (Fsp3) is 0.882. The molecule has 7 aliphatic rings. The van der Waals surface area contributed by atoms with Crippen molar-refractivity contribution < 1.29 is 0 Å². The monoisotopic (exact) mass is 224 g/mol. The van der Waals surface area contributed by atoms with Gasteiger partial charge in [-0.25, -0.2) is 0 Å². The lowest BCUT2D eigenvalue weighted by Gasteiger charge is -1.95. The molecule has 0 heteroatoms. The minimum absolute atomic E-state index is 0.841. The predicted octanol–water partition coefficient (Wildman–Crippen LogP) is 3.92. The molecule has 0 aromatic carbocycles. The van der Waals surface area contributed by atoms with Crippen LogP contribution in [0, 0.1) is 38.4 Å². The highest BCUT2D eigenvalue weighted by atomic mass is 15.1. The standard InChI is InChI=1S/C17H20/c1-2-11-5-13(11)7-15(13)9-17(15)10-16(17)8-14(16)6-12(14)3-4-12/h2,11H,1,3-10H2. The van der Waals surface area contributed by atoms with Crippen molar-refractivity contribution in [3.05, 3.63) is 12.7 Å². The van der Waals surface area contributed by atoms with Crippen LogP contribution in [-0.2, 0) is 0 Å². The van der Waals surface area contributed by atoms with Gasteiger partial charge in [0.05, 0.1) is 0 Å². The molecule has 6 unspecified atom stereocenters. The van der Waals surface area contributed by atoms with E-state index in [1.165, 1.54) is 6.42 Å². The third kappa shape index (κ3) is 0.456. The van der Waals surface area contributed by atoms with Crippen molar-refractivity contribution in [2.45, 2.75) is 51.4 Å². The van der Waals surface area contributed by atoms with Crippen molar-refractivity contribution in [1.82, 2.24) is 0 Å². The van der Waals surface area contributed by atoms with Crippen LogP contribution in [0.2, 0.25) is 0 Å². The minimum Gasteiger partial charge on any atom is -0.103 e. The second kappa shape index (κ2) is 1.50. The molecule has 0 radical (unpaired) electrons. The molecular formula is C17H20. The van der Waals surface area contributed by atoms with E-state index in [0.717, 1.165) is 38.4 Å². The Morgan fingerprint density at radius 3 is 2.18 bits per heavy atom. The number of hydrogen-bond acceptors (Lipinski definition) is 0. The zero-order chi connectivity index (χ0) is 10.9. The Hall–Kier alpha value is -0.260. The summed E-state index contributed by atoms with van der Waals surface area (Å²) >= 11 is 0. The van der Waals surface area contributed by atoms with Crippen LogP contribution in [-0.4, -0.2) is 0 Å². The average Bonchev–Trinajstić information content (AvgIpc) is 3.13. The molecule has 0 N–H and O–H groups in total. The van der Waals surface area contributed by atoms with Gasteiger partial charge in [0.15, 0.2) is 0 Å². The molecule has 7 saturated carbocycles. The maximum absolute atomic E-state index is 4.05. The van der Waals surface area contributed by atoms with E-state index in [9.17, 15) is 0 Å². The third-order valence-electron chi connectivity index (χ3n) is 9.43. The number of fused-ring (bicyclic) bond motifs is 5. The fourth-order valence-electron chi connectivity index (χ4n) is 8.17. The Morgan fingerprint density at radius 1 is 0.824 bits per heavy atom. The van der Waals surface area contributed by atoms with Crippen molar-refractivity contribution >= 4 is 0 Å². The van der Waals surface area contributed by atoms with E-state index in [2.05, 4.69) is 12.7 Å². The molecule has 7 fully saturated rings. The minimum atomic E-state index is 0.841. The van der Waals surface area contributed by atoms with Gasteiger partial charge in [-0.3, -0.25) is 0 Å². The highest BCUT2D eigenvalue weighted by Gasteiger charge is 3.10. The van der Waals surface area contributed by atoms with Gasteiger partial charge in [0.1, 0.15) is 0 Å². The maximum atomic E-state index is 4.05. The molecule has 0 nitrogen and oxygen atoms in total. The fourth-order valence-corrected chi connectivity index (χ4v) is 8.17. The summed E-state index contributed by atoms with van der Waals surface area (Å²) in [6, 6.07) is 0. The quantitative estimate of drug-likeness (QED) is 0.592. The Morgan fingerprint density at radius 2 is 1.53 bits per heavy atom. The highest BCUT2D eigenvalue weighted by Crippen LogP contribution is 3.17. The van der Waals surface area contributed by atoms with Crippen LogP contribution in [0.3, 0.4) is 0 Å². The zero-order valence-corrected chi connectivity index (χ0v) is 10.5. The molecule has 0 amide bonds. The highest BCUT2D eigenvalue weighted by molar-refractivity contribution is 5.59. The molecular weight excluding hydrogens is 204 g/mol. The summed E-state index contributed by atoms with van der Waals surface area (Å²) in [6.45, 7) is 4.05. The summed E-state index contributed by atoms with van der Waals surface area (Å²) in [6.07, 6.45) is 15.3. The summed E-state index contributed by atoms with van der Waals surface area (Å²) in [5.74, 6) is 0.934. The molecule has 0 saturated heterocycles. The Labute approximate surface area is 103 Å². The summed E-state index contributed by atoms with van der Waals surface area (Å²) in [7, 11) is 0. The molecule has 88 valence electrons. The smallest absolute Gasteiger partial charge is 0.0161 e. The first-order valence-corrected chi connectivity index (χ1v) is 7.78. The third-order valence-corrected chi connectivity index (χ3v) is 9.43. The number of hydrogen-bond donors (Lipinski definition) is 0. The van der Waals surface area contributed by atoms with Crippen molar-refractivity contribution in [3.8, 4) is 0 Å². The first-order valence-electron chi connectivity index (χ1n) is 7.78. The summed E-state index contributed by atoms with van der Waals surface area (Å²) in [5.41, 5.74) is 5.56. The molecule has 0 aromatic heterocycles. The summed E-state index contributed by atoms with van der Waals surface area (Å²) < 4.78 is 0. The second-order valence-electron chi connectivity index (χ2n) is 9.20. The maximum Gasteiger partial charge on any atom is -0.0161 e. The van der Waals surface area contributed by atoms with Crippen molar-refractivity contribution in [2.24, 2.45) is 38.4 Å². The van der Waals surface area contributed by atoms with Gasteiger partial charge in [0.2, 0.25) is 0 Å². The first-order chi connectivity index (χ1) is 8.16. The molecule has 7 rings (SSSR count). The van der Waals surface area contributed by atoms with Crippen molar-refractivity contribution in [3.63, 3.8) is 0 Å².